The third-order valence-electron chi connectivity index (χ3n) is 4.38. The molecule has 0 aliphatic carbocycles. The Morgan fingerprint density at radius 3 is 2.64 bits per heavy atom. The summed E-state index contributed by atoms with van der Waals surface area (Å²) >= 11 is 0. The van der Waals surface area contributed by atoms with Gasteiger partial charge in [0.2, 0.25) is 5.88 Å². The minimum atomic E-state index is 0.485. The number of benzene rings is 1. The van der Waals surface area contributed by atoms with Gasteiger partial charge in [-0.2, -0.15) is 0 Å². The van der Waals surface area contributed by atoms with Crippen LogP contribution >= 0.6 is 0 Å². The van der Waals surface area contributed by atoms with Gasteiger partial charge in [-0.15, -0.1) is 0 Å². The zero-order valence-corrected chi connectivity index (χ0v) is 16.5. The molecule has 0 spiro atoms. The summed E-state index contributed by atoms with van der Waals surface area (Å²) in [4.78, 5) is 8.55. The van der Waals surface area contributed by atoms with Gasteiger partial charge in [-0.3, -0.25) is 4.99 Å². The Morgan fingerprint density at radius 2 is 1.93 bits per heavy atom. The number of para-hydroxylation sites is 1. The molecule has 2 aromatic heterocycles. The Balaban J connectivity index is 1.51. The number of ether oxygens (including phenoxy) is 2. The van der Waals surface area contributed by atoms with Crippen LogP contribution in [0.15, 0.2) is 52.0 Å². The number of rotatable bonds is 8. The molecule has 1 aromatic carbocycles. The maximum Gasteiger partial charge on any atom is 0.213 e. The van der Waals surface area contributed by atoms with E-state index < -0.39 is 0 Å². The van der Waals surface area contributed by atoms with Crippen molar-refractivity contribution >= 4 is 16.9 Å². The highest BCUT2D eigenvalue weighted by Crippen LogP contribution is 2.24. The normalized spacial score (nSPS) is 11.6. The number of pyridine rings is 1. The molecule has 0 bridgehead atoms. The van der Waals surface area contributed by atoms with Gasteiger partial charge < -0.3 is 24.5 Å². The number of guanidine groups is 1. The lowest BCUT2D eigenvalue weighted by Gasteiger charge is -2.11. The molecular weight excluding hydrogens is 356 g/mol. The first kappa shape index (κ1) is 19.7. The van der Waals surface area contributed by atoms with Crippen molar-refractivity contribution in [2.75, 3.05) is 27.4 Å². The number of nitrogens with zero attached hydrogens (tertiary/aromatic N) is 2. The van der Waals surface area contributed by atoms with Crippen LogP contribution in [0.4, 0.5) is 0 Å². The second-order valence-electron chi connectivity index (χ2n) is 6.27. The predicted molar refractivity (Wildman–Crippen MR) is 110 cm³/mol. The van der Waals surface area contributed by atoms with Crippen LogP contribution in [0.25, 0.3) is 11.0 Å². The summed E-state index contributed by atoms with van der Waals surface area (Å²) in [7, 11) is 3.38. The Hall–Kier alpha value is -3.06. The van der Waals surface area contributed by atoms with Gasteiger partial charge in [0, 0.05) is 43.9 Å². The highest BCUT2D eigenvalue weighted by molar-refractivity contribution is 5.82. The minimum absolute atomic E-state index is 0.485. The zero-order chi connectivity index (χ0) is 19.8. The van der Waals surface area contributed by atoms with E-state index in [9.17, 15) is 0 Å². The molecule has 0 amide bonds. The second kappa shape index (κ2) is 9.75. The summed E-state index contributed by atoms with van der Waals surface area (Å²) in [5, 5.41) is 7.71. The molecule has 0 atom stereocenters. The number of furan rings is 1. The first-order valence-corrected chi connectivity index (χ1v) is 9.19. The summed E-state index contributed by atoms with van der Waals surface area (Å²) in [6.07, 6.45) is 1.78. The molecule has 3 rings (SSSR count). The molecular formula is C21H26N4O3. The van der Waals surface area contributed by atoms with E-state index in [0.29, 0.717) is 38.1 Å². The van der Waals surface area contributed by atoms with E-state index in [4.69, 9.17) is 13.9 Å². The Labute approximate surface area is 164 Å². The molecule has 0 unspecified atom stereocenters. The van der Waals surface area contributed by atoms with Gasteiger partial charge in [0.1, 0.15) is 18.0 Å². The van der Waals surface area contributed by atoms with Crippen LogP contribution in [0.3, 0.4) is 0 Å². The quantitative estimate of drug-likeness (QED) is 0.354. The first-order valence-electron chi connectivity index (χ1n) is 9.19. The maximum absolute atomic E-state index is 5.93. The average Bonchev–Trinajstić information content (AvgIpc) is 3.05. The fourth-order valence-electron chi connectivity index (χ4n) is 2.79. The van der Waals surface area contributed by atoms with Crippen molar-refractivity contribution in [1.29, 1.82) is 0 Å². The fourth-order valence-corrected chi connectivity index (χ4v) is 2.79. The third-order valence-corrected chi connectivity index (χ3v) is 4.38. The smallest absolute Gasteiger partial charge is 0.213 e. The Kier molecular flexibility index (Phi) is 6.86. The monoisotopic (exact) mass is 382 g/mol. The molecule has 3 aromatic rings. The molecule has 2 N–H and O–H groups in total. The highest BCUT2D eigenvalue weighted by atomic mass is 16.5. The molecule has 7 heteroatoms. The van der Waals surface area contributed by atoms with Crippen LogP contribution in [0.2, 0.25) is 0 Å². The summed E-state index contributed by atoms with van der Waals surface area (Å²) < 4.78 is 16.4. The van der Waals surface area contributed by atoms with Gasteiger partial charge >= 0.3 is 0 Å². The van der Waals surface area contributed by atoms with Gasteiger partial charge in [0.15, 0.2) is 5.96 Å². The van der Waals surface area contributed by atoms with Crippen molar-refractivity contribution < 1.29 is 13.9 Å². The van der Waals surface area contributed by atoms with Crippen LogP contribution in [0, 0.1) is 6.92 Å². The molecule has 0 saturated heterocycles. The molecule has 2 heterocycles. The van der Waals surface area contributed by atoms with Gasteiger partial charge in [0.25, 0.3) is 0 Å². The van der Waals surface area contributed by atoms with Gasteiger partial charge in [0.05, 0.1) is 13.2 Å². The van der Waals surface area contributed by atoms with E-state index in [1.54, 1.807) is 20.4 Å². The van der Waals surface area contributed by atoms with Crippen LogP contribution in [0.1, 0.15) is 16.9 Å². The van der Waals surface area contributed by atoms with E-state index in [1.807, 2.05) is 30.3 Å². The van der Waals surface area contributed by atoms with Crippen LogP contribution in [0.5, 0.6) is 5.88 Å². The van der Waals surface area contributed by atoms with E-state index >= 15 is 0 Å². The molecule has 7 nitrogen and oxygen atoms in total. The summed E-state index contributed by atoms with van der Waals surface area (Å²) in [6.45, 7) is 4.26. The molecule has 148 valence electrons. The zero-order valence-electron chi connectivity index (χ0n) is 16.5. The number of aliphatic imine (C=N–C) groups is 1. The van der Waals surface area contributed by atoms with Crippen LogP contribution in [-0.2, 0) is 17.8 Å². The van der Waals surface area contributed by atoms with Crippen LogP contribution < -0.4 is 15.4 Å². The summed E-state index contributed by atoms with van der Waals surface area (Å²) in [6, 6.07) is 11.9. The largest absolute Gasteiger partial charge is 0.475 e. The first-order chi connectivity index (χ1) is 13.7. The number of methoxy groups -OCH3 is 1. The second-order valence-corrected chi connectivity index (χ2v) is 6.27. The van der Waals surface area contributed by atoms with Crippen molar-refractivity contribution in [2.24, 2.45) is 4.99 Å². The number of aromatic nitrogens is 1. The van der Waals surface area contributed by atoms with Crippen molar-refractivity contribution in [3.63, 3.8) is 0 Å². The molecule has 0 radical (unpaired) electrons. The van der Waals surface area contributed by atoms with Crippen LogP contribution in [-0.4, -0.2) is 38.3 Å². The summed E-state index contributed by atoms with van der Waals surface area (Å²) in [5.74, 6) is 2.19. The number of hydrogen-bond donors (Lipinski definition) is 2. The van der Waals surface area contributed by atoms with E-state index in [2.05, 4.69) is 33.6 Å². The lowest BCUT2D eigenvalue weighted by molar-refractivity contribution is 0.143. The molecule has 0 saturated carbocycles. The number of nitrogens with one attached hydrogen (secondary N) is 2. The number of fused-ring (bicyclic) bond motifs is 1. The van der Waals surface area contributed by atoms with E-state index in [0.717, 1.165) is 27.9 Å². The summed E-state index contributed by atoms with van der Waals surface area (Å²) in [5.41, 5.74) is 3.08. The topological polar surface area (TPSA) is 80.9 Å². The van der Waals surface area contributed by atoms with Crippen molar-refractivity contribution in [3.05, 3.63) is 59.5 Å². The van der Waals surface area contributed by atoms with Crippen molar-refractivity contribution in [1.82, 2.24) is 15.6 Å². The third kappa shape index (κ3) is 5.01. The Bertz CT molecular complexity index is 919. The lowest BCUT2D eigenvalue weighted by atomic mass is 10.1. The predicted octanol–water partition coefficient (Wildman–Crippen LogP) is 3.03. The SMILES string of the molecule is CN=C(NCc1ccc(OCCOC)nc1)NCc1oc2ccccc2c1C. The standard InChI is InChI=1S/C21H26N4O3/c1-15-17-6-4-5-7-18(17)28-19(15)14-25-21(22-2)24-13-16-8-9-20(23-12-16)27-11-10-26-3/h4-9,12H,10-11,13-14H2,1-3H3,(H2,22,24,25). The number of aryl methyl sites for hydroxylation is 1. The van der Waals surface area contributed by atoms with Gasteiger partial charge in [-0.25, -0.2) is 4.98 Å². The molecule has 0 aliphatic heterocycles. The number of hydrogen-bond acceptors (Lipinski definition) is 5. The van der Waals surface area contributed by atoms with Crippen molar-refractivity contribution in [3.8, 4) is 5.88 Å². The minimum Gasteiger partial charge on any atom is -0.475 e. The van der Waals surface area contributed by atoms with Gasteiger partial charge in [-0.1, -0.05) is 24.3 Å². The maximum atomic E-state index is 5.93. The molecule has 0 aliphatic rings. The molecule has 28 heavy (non-hydrogen) atoms. The van der Waals surface area contributed by atoms with Gasteiger partial charge in [-0.05, 0) is 18.6 Å². The highest BCUT2D eigenvalue weighted by Gasteiger charge is 2.10. The Morgan fingerprint density at radius 1 is 1.11 bits per heavy atom. The van der Waals surface area contributed by atoms with E-state index in [1.165, 1.54) is 0 Å². The lowest BCUT2D eigenvalue weighted by Crippen LogP contribution is -2.36. The molecule has 0 fully saturated rings. The van der Waals surface area contributed by atoms with E-state index in [-0.39, 0.29) is 0 Å². The fraction of sp³-hybridized carbons (Fsp3) is 0.333. The average molecular weight is 382 g/mol. The van der Waals surface area contributed by atoms with Crippen molar-refractivity contribution in [2.45, 2.75) is 20.0 Å².